The molecule has 2 aromatic rings. The third-order valence-electron chi connectivity index (χ3n) is 2.95. The van der Waals surface area contributed by atoms with Crippen LogP contribution >= 0.6 is 0 Å². The molecule has 0 unspecified atom stereocenters. The van der Waals surface area contributed by atoms with E-state index in [-0.39, 0.29) is 5.91 Å². The maximum Gasteiger partial charge on any atom is 0.316 e. The molecule has 0 aromatic heterocycles. The Morgan fingerprint density at radius 2 is 1.52 bits per heavy atom. The van der Waals surface area contributed by atoms with Gasteiger partial charge in [0.15, 0.2) is 0 Å². The Balaban J connectivity index is 2.08. The monoisotopic (exact) mass is 284 g/mol. The van der Waals surface area contributed by atoms with Gasteiger partial charge in [0.05, 0.1) is 0 Å². The van der Waals surface area contributed by atoms with Crippen molar-refractivity contribution >= 4 is 29.0 Å². The molecule has 6 N–H and O–H groups in total. The predicted octanol–water partition coefficient (Wildman–Crippen LogP) is 2.32. The van der Waals surface area contributed by atoms with Gasteiger partial charge in [0.2, 0.25) is 0 Å². The van der Waals surface area contributed by atoms with Gasteiger partial charge in [0.1, 0.15) is 0 Å². The summed E-state index contributed by atoms with van der Waals surface area (Å²) in [6, 6.07) is 11.1. The Hall–Kier alpha value is -3.02. The maximum absolute atomic E-state index is 12.1. The number of rotatable bonds is 3. The first-order chi connectivity index (χ1) is 9.95. The van der Waals surface area contributed by atoms with E-state index in [9.17, 15) is 9.59 Å². The minimum absolute atomic E-state index is 0.252. The number of nitrogen functional groups attached to an aromatic ring is 1. The van der Waals surface area contributed by atoms with Crippen molar-refractivity contribution in [2.24, 2.45) is 5.73 Å². The van der Waals surface area contributed by atoms with Crippen molar-refractivity contribution in [2.45, 2.75) is 6.92 Å². The number of benzene rings is 2. The molecule has 0 spiro atoms. The molecular formula is C15H16N4O2. The van der Waals surface area contributed by atoms with Crippen molar-refractivity contribution < 1.29 is 9.59 Å². The summed E-state index contributed by atoms with van der Waals surface area (Å²) in [6.07, 6.45) is 0. The fourth-order valence-corrected chi connectivity index (χ4v) is 1.76. The largest absolute Gasteiger partial charge is 0.398 e. The predicted molar refractivity (Wildman–Crippen MR) is 83.2 cm³/mol. The smallest absolute Gasteiger partial charge is 0.316 e. The summed E-state index contributed by atoms with van der Waals surface area (Å²) in [5.74, 6) is -0.252. The highest BCUT2D eigenvalue weighted by Gasteiger charge is 2.07. The molecule has 0 heterocycles. The molecule has 0 aliphatic rings. The molecule has 3 amide bonds. The SMILES string of the molecule is Cc1ccc(C(=O)Nc2ccc(NC(N)=O)cc2)cc1N. The molecule has 6 heteroatoms. The van der Waals surface area contributed by atoms with Gasteiger partial charge < -0.3 is 22.1 Å². The van der Waals surface area contributed by atoms with Crippen LogP contribution in [0.25, 0.3) is 0 Å². The van der Waals surface area contributed by atoms with E-state index in [0.29, 0.717) is 22.6 Å². The number of anilines is 3. The molecule has 0 atom stereocenters. The number of urea groups is 1. The van der Waals surface area contributed by atoms with Crippen LogP contribution < -0.4 is 22.1 Å². The average Bonchev–Trinajstić information content (AvgIpc) is 2.43. The van der Waals surface area contributed by atoms with Gasteiger partial charge in [-0.3, -0.25) is 4.79 Å². The number of carbonyl (C=O) groups is 2. The lowest BCUT2D eigenvalue weighted by Gasteiger charge is -2.08. The highest BCUT2D eigenvalue weighted by Crippen LogP contribution is 2.17. The van der Waals surface area contributed by atoms with E-state index < -0.39 is 6.03 Å². The van der Waals surface area contributed by atoms with Crippen LogP contribution in [0, 0.1) is 6.92 Å². The van der Waals surface area contributed by atoms with Crippen LogP contribution in [0.4, 0.5) is 21.9 Å². The summed E-state index contributed by atoms with van der Waals surface area (Å²) in [7, 11) is 0. The molecule has 0 aliphatic heterocycles. The number of primary amides is 1. The van der Waals surface area contributed by atoms with Gasteiger partial charge >= 0.3 is 6.03 Å². The Labute approximate surface area is 122 Å². The minimum Gasteiger partial charge on any atom is -0.398 e. The molecule has 2 rings (SSSR count). The second-order valence-corrected chi connectivity index (χ2v) is 4.59. The third kappa shape index (κ3) is 3.73. The molecule has 21 heavy (non-hydrogen) atoms. The van der Waals surface area contributed by atoms with Gasteiger partial charge in [-0.25, -0.2) is 4.79 Å². The zero-order valence-corrected chi connectivity index (χ0v) is 11.5. The molecule has 6 nitrogen and oxygen atoms in total. The number of hydrogen-bond acceptors (Lipinski definition) is 3. The zero-order valence-electron chi connectivity index (χ0n) is 11.5. The van der Waals surface area contributed by atoms with E-state index in [2.05, 4.69) is 10.6 Å². The molecule has 0 saturated carbocycles. The van der Waals surface area contributed by atoms with Gasteiger partial charge in [-0.1, -0.05) is 6.07 Å². The Morgan fingerprint density at radius 3 is 2.05 bits per heavy atom. The van der Waals surface area contributed by atoms with Crippen molar-refractivity contribution in [1.29, 1.82) is 0 Å². The standard InChI is InChI=1S/C15H16N4O2/c1-9-2-3-10(8-13(9)16)14(20)18-11-4-6-12(7-5-11)19-15(17)21/h2-8H,16H2,1H3,(H,18,20)(H3,17,19,21). The summed E-state index contributed by atoms with van der Waals surface area (Å²) >= 11 is 0. The van der Waals surface area contributed by atoms with Crippen molar-refractivity contribution in [3.63, 3.8) is 0 Å². The molecule has 0 radical (unpaired) electrons. The fraction of sp³-hybridized carbons (Fsp3) is 0.0667. The van der Waals surface area contributed by atoms with E-state index in [1.165, 1.54) is 0 Å². The van der Waals surface area contributed by atoms with Crippen molar-refractivity contribution in [3.05, 3.63) is 53.6 Å². The van der Waals surface area contributed by atoms with Gasteiger partial charge in [-0.05, 0) is 48.9 Å². The average molecular weight is 284 g/mol. The maximum atomic E-state index is 12.1. The van der Waals surface area contributed by atoms with Crippen molar-refractivity contribution in [2.75, 3.05) is 16.4 Å². The fourth-order valence-electron chi connectivity index (χ4n) is 1.76. The lowest BCUT2D eigenvalue weighted by Crippen LogP contribution is -2.19. The first-order valence-corrected chi connectivity index (χ1v) is 6.29. The Kier molecular flexibility index (Phi) is 4.08. The second-order valence-electron chi connectivity index (χ2n) is 4.59. The van der Waals surface area contributed by atoms with Gasteiger partial charge in [-0.2, -0.15) is 0 Å². The lowest BCUT2D eigenvalue weighted by atomic mass is 10.1. The summed E-state index contributed by atoms with van der Waals surface area (Å²) in [5.41, 5.74) is 13.9. The van der Waals surface area contributed by atoms with E-state index in [1.54, 1.807) is 42.5 Å². The molecule has 0 bridgehead atoms. The molecule has 108 valence electrons. The number of amides is 3. The number of nitrogens with two attached hydrogens (primary N) is 2. The van der Waals surface area contributed by atoms with Crippen LogP contribution in [0.2, 0.25) is 0 Å². The molecule has 0 fully saturated rings. The summed E-state index contributed by atoms with van der Waals surface area (Å²) in [6.45, 7) is 1.88. The summed E-state index contributed by atoms with van der Waals surface area (Å²) in [4.78, 5) is 22.8. The first-order valence-electron chi connectivity index (χ1n) is 6.29. The van der Waals surface area contributed by atoms with Gasteiger partial charge in [0, 0.05) is 22.6 Å². The highest BCUT2D eigenvalue weighted by atomic mass is 16.2. The normalized spacial score (nSPS) is 9.95. The van der Waals surface area contributed by atoms with Crippen LogP contribution in [0.15, 0.2) is 42.5 Å². The van der Waals surface area contributed by atoms with Gasteiger partial charge in [-0.15, -0.1) is 0 Å². The zero-order chi connectivity index (χ0) is 15.4. The first kappa shape index (κ1) is 14.4. The highest BCUT2D eigenvalue weighted by molar-refractivity contribution is 6.05. The Morgan fingerprint density at radius 1 is 0.952 bits per heavy atom. The molecule has 0 aliphatic carbocycles. The summed E-state index contributed by atoms with van der Waals surface area (Å²) < 4.78 is 0. The number of hydrogen-bond donors (Lipinski definition) is 4. The van der Waals surface area contributed by atoms with Crippen molar-refractivity contribution in [3.8, 4) is 0 Å². The minimum atomic E-state index is -0.637. The van der Waals surface area contributed by atoms with E-state index in [1.807, 2.05) is 6.92 Å². The number of nitrogens with one attached hydrogen (secondary N) is 2. The Bertz CT molecular complexity index is 681. The lowest BCUT2D eigenvalue weighted by molar-refractivity contribution is 0.102. The van der Waals surface area contributed by atoms with E-state index in [4.69, 9.17) is 11.5 Å². The second kappa shape index (κ2) is 5.96. The van der Waals surface area contributed by atoms with Crippen LogP contribution in [0.5, 0.6) is 0 Å². The topological polar surface area (TPSA) is 110 Å². The number of aryl methyl sites for hydroxylation is 1. The van der Waals surface area contributed by atoms with E-state index >= 15 is 0 Å². The third-order valence-corrected chi connectivity index (χ3v) is 2.95. The summed E-state index contributed by atoms with van der Waals surface area (Å²) in [5, 5.41) is 5.19. The molecular weight excluding hydrogens is 268 g/mol. The van der Waals surface area contributed by atoms with Crippen LogP contribution in [0.3, 0.4) is 0 Å². The number of carbonyl (C=O) groups excluding carboxylic acids is 2. The molecule has 0 saturated heterocycles. The van der Waals surface area contributed by atoms with Crippen molar-refractivity contribution in [1.82, 2.24) is 0 Å². The quantitative estimate of drug-likeness (QED) is 0.649. The van der Waals surface area contributed by atoms with Crippen LogP contribution in [0.1, 0.15) is 15.9 Å². The van der Waals surface area contributed by atoms with Crippen LogP contribution in [-0.2, 0) is 0 Å². The molecule has 2 aromatic carbocycles. The van der Waals surface area contributed by atoms with Crippen LogP contribution in [-0.4, -0.2) is 11.9 Å². The van der Waals surface area contributed by atoms with Gasteiger partial charge in [0.25, 0.3) is 5.91 Å². The van der Waals surface area contributed by atoms with E-state index in [0.717, 1.165) is 5.56 Å².